The summed E-state index contributed by atoms with van der Waals surface area (Å²) in [6.07, 6.45) is 2.03. The van der Waals surface area contributed by atoms with E-state index in [-0.39, 0.29) is 23.6 Å². The van der Waals surface area contributed by atoms with E-state index in [2.05, 4.69) is 49.6 Å². The molecule has 1 aromatic heterocycles. The number of carbonyl (C=O) groups is 1. The summed E-state index contributed by atoms with van der Waals surface area (Å²) in [5.41, 5.74) is 3.91. The van der Waals surface area contributed by atoms with Crippen LogP contribution >= 0.6 is 0 Å². The highest BCUT2D eigenvalue weighted by molar-refractivity contribution is 5.94. The Morgan fingerprint density at radius 2 is 1.77 bits per heavy atom. The number of carbonyl (C=O) groups excluding carboxylic acids is 1. The van der Waals surface area contributed by atoms with E-state index < -0.39 is 4.92 Å². The van der Waals surface area contributed by atoms with Crippen molar-refractivity contribution in [3.63, 3.8) is 0 Å². The average molecular weight is 420 g/mol. The van der Waals surface area contributed by atoms with Crippen LogP contribution in [0.2, 0.25) is 0 Å². The summed E-state index contributed by atoms with van der Waals surface area (Å²) >= 11 is 0. The summed E-state index contributed by atoms with van der Waals surface area (Å²) in [4.78, 5) is 25.7. The fourth-order valence-corrected chi connectivity index (χ4v) is 3.58. The van der Waals surface area contributed by atoms with E-state index in [1.165, 1.54) is 35.4 Å². The minimum absolute atomic E-state index is 0.00464. The monoisotopic (exact) mass is 419 g/mol. The zero-order valence-corrected chi connectivity index (χ0v) is 18.5. The number of rotatable bonds is 8. The van der Waals surface area contributed by atoms with Crippen molar-refractivity contribution in [1.82, 2.24) is 9.47 Å². The molecule has 0 unspecified atom stereocenters. The molecule has 6 nitrogen and oxygen atoms in total. The van der Waals surface area contributed by atoms with Gasteiger partial charge in [-0.15, -0.1) is 0 Å². The van der Waals surface area contributed by atoms with Gasteiger partial charge in [-0.25, -0.2) is 0 Å². The molecular weight excluding hydrogens is 390 g/mol. The highest BCUT2D eigenvalue weighted by atomic mass is 16.6. The largest absolute Gasteiger partial charge is 0.345 e. The number of nitro groups is 1. The van der Waals surface area contributed by atoms with E-state index in [1.54, 1.807) is 0 Å². The second kappa shape index (κ2) is 9.60. The van der Waals surface area contributed by atoms with Gasteiger partial charge < -0.3 is 9.47 Å². The van der Waals surface area contributed by atoms with Gasteiger partial charge in [0.05, 0.1) is 11.5 Å². The predicted molar refractivity (Wildman–Crippen MR) is 122 cm³/mol. The zero-order chi connectivity index (χ0) is 22.5. The predicted octanol–water partition coefficient (Wildman–Crippen LogP) is 5.44. The summed E-state index contributed by atoms with van der Waals surface area (Å²) in [5, 5.41) is 10.9. The van der Waals surface area contributed by atoms with Crippen LogP contribution in [0.1, 0.15) is 48.0 Å². The van der Waals surface area contributed by atoms with E-state index in [9.17, 15) is 14.9 Å². The van der Waals surface area contributed by atoms with E-state index in [0.717, 1.165) is 12.2 Å². The van der Waals surface area contributed by atoms with E-state index in [1.807, 2.05) is 30.2 Å². The van der Waals surface area contributed by atoms with Crippen molar-refractivity contribution in [3.05, 3.63) is 99.4 Å². The molecule has 1 amide bonds. The van der Waals surface area contributed by atoms with Gasteiger partial charge in [-0.3, -0.25) is 14.9 Å². The minimum Gasteiger partial charge on any atom is -0.345 e. The Labute approximate surface area is 183 Å². The second-order valence-corrected chi connectivity index (χ2v) is 8.34. The molecule has 0 saturated carbocycles. The van der Waals surface area contributed by atoms with Gasteiger partial charge >= 0.3 is 0 Å². The maximum Gasteiger partial charge on any atom is 0.269 e. The Hall–Kier alpha value is -3.41. The normalized spacial score (nSPS) is 12.0. The molecule has 0 aliphatic heterocycles. The van der Waals surface area contributed by atoms with Crippen molar-refractivity contribution in [2.75, 3.05) is 0 Å². The first kappa shape index (κ1) is 22.3. The van der Waals surface area contributed by atoms with Crippen LogP contribution in [0.15, 0.2) is 66.9 Å². The van der Waals surface area contributed by atoms with Crippen LogP contribution in [0, 0.1) is 23.0 Å². The fourth-order valence-electron chi connectivity index (χ4n) is 3.58. The maximum absolute atomic E-state index is 13.4. The fraction of sp³-hybridized carbons (Fsp3) is 0.320. The third kappa shape index (κ3) is 5.40. The number of aryl methyl sites for hydroxylation is 1. The molecule has 31 heavy (non-hydrogen) atoms. The quantitative estimate of drug-likeness (QED) is 0.361. The minimum atomic E-state index is -0.457. The number of hydrogen-bond donors (Lipinski definition) is 0. The van der Waals surface area contributed by atoms with Crippen LogP contribution in [0.25, 0.3) is 0 Å². The first-order valence-electron chi connectivity index (χ1n) is 10.5. The zero-order valence-electron chi connectivity index (χ0n) is 18.5. The molecule has 1 atom stereocenters. The first-order valence-corrected chi connectivity index (χ1v) is 10.5. The molecule has 0 aliphatic rings. The molecule has 6 heteroatoms. The molecule has 0 radical (unpaired) electrons. The summed E-state index contributed by atoms with van der Waals surface area (Å²) in [7, 11) is 0. The lowest BCUT2D eigenvalue weighted by atomic mass is 10.0. The molecule has 0 N–H and O–H groups in total. The summed E-state index contributed by atoms with van der Waals surface area (Å²) in [5.74, 6) is 0.140. The molecule has 3 aromatic rings. The molecule has 0 aliphatic carbocycles. The summed E-state index contributed by atoms with van der Waals surface area (Å²) < 4.78 is 2.16. The van der Waals surface area contributed by atoms with Gasteiger partial charge in [-0.2, -0.15) is 0 Å². The Morgan fingerprint density at radius 3 is 2.39 bits per heavy atom. The van der Waals surface area contributed by atoms with Gasteiger partial charge in [0.25, 0.3) is 11.6 Å². The molecule has 0 bridgehead atoms. The van der Waals surface area contributed by atoms with E-state index in [0.29, 0.717) is 12.1 Å². The van der Waals surface area contributed by atoms with Crippen LogP contribution in [-0.2, 0) is 13.1 Å². The van der Waals surface area contributed by atoms with E-state index in [4.69, 9.17) is 0 Å². The highest BCUT2D eigenvalue weighted by Gasteiger charge is 2.25. The highest BCUT2D eigenvalue weighted by Crippen LogP contribution is 2.21. The van der Waals surface area contributed by atoms with Crippen molar-refractivity contribution in [2.45, 2.75) is 46.8 Å². The molecule has 162 valence electrons. The molecule has 2 aromatic carbocycles. The Bertz CT molecular complexity index is 1050. The molecule has 3 rings (SSSR count). The van der Waals surface area contributed by atoms with Crippen molar-refractivity contribution >= 4 is 11.6 Å². The maximum atomic E-state index is 13.4. The number of non-ortho nitro benzene ring substituents is 1. The van der Waals surface area contributed by atoms with Crippen molar-refractivity contribution in [2.24, 2.45) is 5.92 Å². The lowest BCUT2D eigenvalue weighted by Crippen LogP contribution is -2.41. The Kier molecular flexibility index (Phi) is 6.90. The average Bonchev–Trinajstić information content (AvgIpc) is 3.17. The lowest BCUT2D eigenvalue weighted by molar-refractivity contribution is -0.384. The van der Waals surface area contributed by atoms with Gasteiger partial charge in [-0.1, -0.05) is 43.7 Å². The smallest absolute Gasteiger partial charge is 0.269 e. The Morgan fingerprint density at radius 1 is 1.06 bits per heavy atom. The number of aromatic nitrogens is 1. The summed E-state index contributed by atoms with van der Waals surface area (Å²) in [6, 6.07) is 18.3. The number of nitrogens with zero attached hydrogens (tertiary/aromatic N) is 3. The summed E-state index contributed by atoms with van der Waals surface area (Å²) in [6.45, 7) is 9.50. The number of nitro benzene ring substituents is 1. The lowest BCUT2D eigenvalue weighted by Gasteiger charge is -2.32. The van der Waals surface area contributed by atoms with Crippen LogP contribution in [0.4, 0.5) is 5.69 Å². The topological polar surface area (TPSA) is 68.4 Å². The molecule has 0 saturated heterocycles. The van der Waals surface area contributed by atoms with Crippen LogP contribution in [-0.4, -0.2) is 26.3 Å². The van der Waals surface area contributed by atoms with Gasteiger partial charge in [-0.05, 0) is 49.6 Å². The molecule has 1 heterocycles. The van der Waals surface area contributed by atoms with Gasteiger partial charge in [0.2, 0.25) is 0 Å². The third-order valence-electron chi connectivity index (χ3n) is 5.73. The molecular formula is C25H29N3O3. The number of amides is 1. The Balaban J connectivity index is 1.86. The number of hydrogen-bond acceptors (Lipinski definition) is 3. The van der Waals surface area contributed by atoms with Crippen LogP contribution in [0.3, 0.4) is 0 Å². The second-order valence-electron chi connectivity index (χ2n) is 8.34. The van der Waals surface area contributed by atoms with Crippen LogP contribution < -0.4 is 0 Å². The van der Waals surface area contributed by atoms with E-state index >= 15 is 0 Å². The standard InChI is InChI=1S/C25H29N3O3/c1-18(2)20(4)27(25(29)22-10-12-23(13-11-22)28(30)31)17-24-9-6-14-26(24)16-21-8-5-7-19(3)15-21/h5-15,18,20H,16-17H2,1-4H3/t20-/m0/s1. The SMILES string of the molecule is Cc1cccc(Cn2cccc2CN(C(=O)c2ccc([N+](=O)[O-])cc2)[C@@H](C)C(C)C)c1. The van der Waals surface area contributed by atoms with Crippen molar-refractivity contribution < 1.29 is 9.72 Å². The van der Waals surface area contributed by atoms with Crippen molar-refractivity contribution in [3.8, 4) is 0 Å². The third-order valence-corrected chi connectivity index (χ3v) is 5.73. The van der Waals surface area contributed by atoms with Gasteiger partial charge in [0.15, 0.2) is 0 Å². The van der Waals surface area contributed by atoms with Gasteiger partial charge in [0, 0.05) is 42.2 Å². The molecule has 0 spiro atoms. The first-order chi connectivity index (χ1) is 14.8. The number of benzene rings is 2. The molecule has 0 fully saturated rings. The van der Waals surface area contributed by atoms with Gasteiger partial charge in [0.1, 0.15) is 0 Å². The van der Waals surface area contributed by atoms with Crippen LogP contribution in [0.5, 0.6) is 0 Å². The van der Waals surface area contributed by atoms with Crippen molar-refractivity contribution in [1.29, 1.82) is 0 Å².